The van der Waals surface area contributed by atoms with Crippen LogP contribution < -0.4 is 0 Å². The zero-order chi connectivity index (χ0) is 12.0. The molecule has 1 aromatic rings. The van der Waals surface area contributed by atoms with Crippen molar-refractivity contribution in [3.8, 4) is 6.07 Å². The normalized spacial score (nSPS) is 11.4. The zero-order valence-electron chi connectivity index (χ0n) is 8.89. The maximum Gasteiger partial charge on any atom is 0.307 e. The molecule has 0 amide bonds. The third kappa shape index (κ3) is 3.25. The molecule has 82 valence electrons. The van der Waals surface area contributed by atoms with Gasteiger partial charge in [0, 0.05) is 0 Å². The molecular formula is C13H13NO2. The second-order valence-corrected chi connectivity index (χ2v) is 3.57. The maximum absolute atomic E-state index is 10.9. The van der Waals surface area contributed by atoms with E-state index >= 15 is 0 Å². The molecule has 0 aromatic heterocycles. The van der Waals surface area contributed by atoms with Gasteiger partial charge in [0.1, 0.15) is 0 Å². The summed E-state index contributed by atoms with van der Waals surface area (Å²) >= 11 is 0. The number of rotatable bonds is 5. The van der Waals surface area contributed by atoms with Gasteiger partial charge in [-0.2, -0.15) is 5.26 Å². The molecule has 1 N–H and O–H groups in total. The molecule has 0 aliphatic carbocycles. The van der Waals surface area contributed by atoms with Crippen molar-refractivity contribution in [3.63, 3.8) is 0 Å². The van der Waals surface area contributed by atoms with Crippen molar-refractivity contribution >= 4 is 5.97 Å². The Labute approximate surface area is 94.6 Å². The molecule has 1 atom stereocenters. The number of nitrogens with zero attached hydrogens (tertiary/aromatic N) is 1. The Kier molecular flexibility index (Phi) is 4.28. The fourth-order valence-corrected chi connectivity index (χ4v) is 1.47. The topological polar surface area (TPSA) is 61.1 Å². The third-order valence-corrected chi connectivity index (χ3v) is 2.37. The van der Waals surface area contributed by atoms with E-state index in [0.717, 1.165) is 5.56 Å². The molecule has 0 bridgehead atoms. The summed E-state index contributed by atoms with van der Waals surface area (Å²) in [7, 11) is 0. The van der Waals surface area contributed by atoms with Gasteiger partial charge in [-0.25, -0.2) is 0 Å². The van der Waals surface area contributed by atoms with Crippen molar-refractivity contribution in [2.24, 2.45) is 5.92 Å². The van der Waals surface area contributed by atoms with Crippen LogP contribution in [0.2, 0.25) is 0 Å². The largest absolute Gasteiger partial charge is 0.481 e. The Morgan fingerprint density at radius 1 is 1.50 bits per heavy atom. The van der Waals surface area contributed by atoms with Gasteiger partial charge in [-0.1, -0.05) is 18.2 Å². The van der Waals surface area contributed by atoms with E-state index in [1.807, 2.05) is 6.07 Å². The number of hydrogen-bond acceptors (Lipinski definition) is 2. The van der Waals surface area contributed by atoms with E-state index < -0.39 is 11.9 Å². The lowest BCUT2D eigenvalue weighted by molar-refractivity contribution is -0.141. The lowest BCUT2D eigenvalue weighted by atomic mass is 9.96. The lowest BCUT2D eigenvalue weighted by Gasteiger charge is -2.09. The van der Waals surface area contributed by atoms with Crippen molar-refractivity contribution in [1.82, 2.24) is 0 Å². The average molecular weight is 215 g/mol. The Morgan fingerprint density at radius 3 is 2.56 bits per heavy atom. The Bertz CT molecular complexity index is 415. The smallest absolute Gasteiger partial charge is 0.307 e. The molecule has 0 spiro atoms. The van der Waals surface area contributed by atoms with Crippen LogP contribution in [0.25, 0.3) is 0 Å². The first-order chi connectivity index (χ1) is 7.67. The minimum Gasteiger partial charge on any atom is -0.481 e. The van der Waals surface area contributed by atoms with Crippen LogP contribution in [-0.4, -0.2) is 11.1 Å². The van der Waals surface area contributed by atoms with Crippen LogP contribution in [0, 0.1) is 17.2 Å². The fraction of sp³-hybridized carbons (Fsp3) is 0.231. The number of hydrogen-bond donors (Lipinski definition) is 1. The highest BCUT2D eigenvalue weighted by atomic mass is 16.4. The summed E-state index contributed by atoms with van der Waals surface area (Å²) in [6, 6.07) is 8.99. The van der Waals surface area contributed by atoms with E-state index in [-0.39, 0.29) is 0 Å². The van der Waals surface area contributed by atoms with Crippen LogP contribution in [0.4, 0.5) is 0 Å². The standard InChI is InChI=1S/C13H13NO2/c1-2-3-12(13(15)16)8-10-4-6-11(9-14)7-5-10/h2,4-7,12H,1,3,8H2,(H,15,16). The van der Waals surface area contributed by atoms with E-state index in [9.17, 15) is 4.79 Å². The summed E-state index contributed by atoms with van der Waals surface area (Å²) in [5.41, 5.74) is 1.51. The minimum atomic E-state index is -0.816. The number of carboxylic acid groups (broad SMARTS) is 1. The molecule has 3 nitrogen and oxygen atoms in total. The van der Waals surface area contributed by atoms with Crippen molar-refractivity contribution in [2.75, 3.05) is 0 Å². The molecular weight excluding hydrogens is 202 g/mol. The number of allylic oxidation sites excluding steroid dienone is 1. The van der Waals surface area contributed by atoms with E-state index in [1.165, 1.54) is 0 Å². The van der Waals surface area contributed by atoms with Crippen molar-refractivity contribution in [1.29, 1.82) is 5.26 Å². The molecule has 1 unspecified atom stereocenters. The number of nitriles is 1. The minimum absolute atomic E-state index is 0.439. The summed E-state index contributed by atoms with van der Waals surface area (Å²) in [5, 5.41) is 17.6. The van der Waals surface area contributed by atoms with Crippen LogP contribution in [0.5, 0.6) is 0 Å². The van der Waals surface area contributed by atoms with Gasteiger partial charge >= 0.3 is 5.97 Å². The quantitative estimate of drug-likeness (QED) is 0.767. The SMILES string of the molecule is C=CCC(Cc1ccc(C#N)cc1)C(=O)O. The number of carbonyl (C=O) groups is 1. The van der Waals surface area contributed by atoms with Crippen LogP contribution in [0.1, 0.15) is 17.5 Å². The van der Waals surface area contributed by atoms with Gasteiger partial charge < -0.3 is 5.11 Å². The first kappa shape index (κ1) is 12.0. The monoisotopic (exact) mass is 215 g/mol. The second kappa shape index (κ2) is 5.72. The van der Waals surface area contributed by atoms with Gasteiger partial charge in [0.05, 0.1) is 17.6 Å². The molecule has 0 saturated carbocycles. The first-order valence-corrected chi connectivity index (χ1v) is 5.00. The van der Waals surface area contributed by atoms with Gasteiger partial charge in [-0.15, -0.1) is 6.58 Å². The van der Waals surface area contributed by atoms with Crippen LogP contribution >= 0.6 is 0 Å². The average Bonchev–Trinajstić information content (AvgIpc) is 2.29. The summed E-state index contributed by atoms with van der Waals surface area (Å²) in [4.78, 5) is 10.9. The van der Waals surface area contributed by atoms with E-state index in [2.05, 4.69) is 6.58 Å². The molecule has 3 heteroatoms. The second-order valence-electron chi connectivity index (χ2n) is 3.57. The third-order valence-electron chi connectivity index (χ3n) is 2.37. The van der Waals surface area contributed by atoms with Crippen LogP contribution in [0.3, 0.4) is 0 Å². The van der Waals surface area contributed by atoms with Crippen molar-refractivity contribution in [2.45, 2.75) is 12.8 Å². The molecule has 0 fully saturated rings. The predicted molar refractivity (Wildman–Crippen MR) is 60.8 cm³/mol. The van der Waals surface area contributed by atoms with Crippen molar-refractivity contribution in [3.05, 3.63) is 48.0 Å². The van der Waals surface area contributed by atoms with Gasteiger partial charge in [0.15, 0.2) is 0 Å². The Hall–Kier alpha value is -2.08. The summed E-state index contributed by atoms with van der Waals surface area (Å²) in [6.07, 6.45) is 2.53. The molecule has 0 saturated heterocycles. The number of carboxylic acids is 1. The van der Waals surface area contributed by atoms with Gasteiger partial charge in [0.25, 0.3) is 0 Å². The maximum atomic E-state index is 10.9. The summed E-state index contributed by atoms with van der Waals surface area (Å²) < 4.78 is 0. The van der Waals surface area contributed by atoms with E-state index in [1.54, 1.807) is 30.3 Å². The van der Waals surface area contributed by atoms with Crippen LogP contribution in [0.15, 0.2) is 36.9 Å². The number of aliphatic carboxylic acids is 1. The first-order valence-electron chi connectivity index (χ1n) is 5.00. The number of benzene rings is 1. The van der Waals surface area contributed by atoms with Crippen LogP contribution in [-0.2, 0) is 11.2 Å². The highest BCUT2D eigenvalue weighted by Crippen LogP contribution is 2.14. The van der Waals surface area contributed by atoms with Gasteiger partial charge in [-0.3, -0.25) is 4.79 Å². The molecule has 1 rings (SSSR count). The Morgan fingerprint density at radius 2 is 2.12 bits per heavy atom. The molecule has 0 aliphatic rings. The molecule has 0 aliphatic heterocycles. The Balaban J connectivity index is 2.74. The molecule has 0 heterocycles. The fourth-order valence-electron chi connectivity index (χ4n) is 1.47. The highest BCUT2D eigenvalue weighted by Gasteiger charge is 2.15. The van der Waals surface area contributed by atoms with E-state index in [4.69, 9.17) is 10.4 Å². The summed E-state index contributed by atoms with van der Waals surface area (Å²) in [6.45, 7) is 3.55. The summed E-state index contributed by atoms with van der Waals surface area (Å²) in [5.74, 6) is -1.25. The highest BCUT2D eigenvalue weighted by molar-refractivity contribution is 5.70. The predicted octanol–water partition coefficient (Wildman–Crippen LogP) is 2.38. The van der Waals surface area contributed by atoms with Gasteiger partial charge in [0.2, 0.25) is 0 Å². The van der Waals surface area contributed by atoms with E-state index in [0.29, 0.717) is 18.4 Å². The van der Waals surface area contributed by atoms with Crippen molar-refractivity contribution < 1.29 is 9.90 Å². The molecule has 1 aromatic carbocycles. The zero-order valence-corrected chi connectivity index (χ0v) is 8.89. The molecule has 0 radical (unpaired) electrons. The van der Waals surface area contributed by atoms with Gasteiger partial charge in [-0.05, 0) is 30.5 Å². The molecule has 16 heavy (non-hydrogen) atoms. The lowest BCUT2D eigenvalue weighted by Crippen LogP contribution is -2.15.